The molecule has 1 aliphatic rings. The predicted octanol–water partition coefficient (Wildman–Crippen LogP) is 3.51. The molecule has 0 saturated carbocycles. The van der Waals surface area contributed by atoms with E-state index in [9.17, 15) is 13.2 Å². The zero-order chi connectivity index (χ0) is 17.9. The molecular weight excluding hydrogens is 382 g/mol. The van der Waals surface area contributed by atoms with Gasteiger partial charge < -0.3 is 10.6 Å². The Morgan fingerprint density at radius 2 is 1.80 bits per heavy atom. The average molecular weight is 400 g/mol. The van der Waals surface area contributed by atoms with Crippen molar-refractivity contribution < 1.29 is 13.2 Å². The number of urea groups is 1. The molecule has 1 saturated heterocycles. The number of carbonyl (C=O) groups is 1. The Hall–Kier alpha value is -1.61. The van der Waals surface area contributed by atoms with Gasteiger partial charge in [0.05, 0.1) is 15.8 Å². The summed E-state index contributed by atoms with van der Waals surface area (Å²) >= 11 is 7.25. The molecule has 0 radical (unpaired) electrons. The SMILES string of the molecule is O=C(NCc1ccc(Cl)s1)Nc1ccc(S(=O)(=O)N2CCCC2)cc1. The number of rotatable bonds is 5. The van der Waals surface area contributed by atoms with Crippen LogP contribution in [0.5, 0.6) is 0 Å². The molecule has 134 valence electrons. The molecule has 25 heavy (non-hydrogen) atoms. The van der Waals surface area contributed by atoms with Gasteiger partial charge in [0.1, 0.15) is 0 Å². The highest BCUT2D eigenvalue weighted by Gasteiger charge is 2.26. The van der Waals surface area contributed by atoms with Crippen molar-refractivity contribution in [1.82, 2.24) is 9.62 Å². The van der Waals surface area contributed by atoms with E-state index in [-0.39, 0.29) is 10.9 Å². The molecule has 0 spiro atoms. The molecule has 2 amide bonds. The highest BCUT2D eigenvalue weighted by atomic mass is 35.5. The van der Waals surface area contributed by atoms with Gasteiger partial charge in [-0.1, -0.05) is 11.6 Å². The minimum atomic E-state index is -3.43. The molecule has 1 aromatic heterocycles. The molecule has 0 unspecified atom stereocenters. The molecule has 2 aromatic rings. The van der Waals surface area contributed by atoms with Gasteiger partial charge in [0.25, 0.3) is 0 Å². The Labute approximate surface area is 155 Å². The molecule has 1 aliphatic heterocycles. The van der Waals surface area contributed by atoms with Gasteiger partial charge in [-0.3, -0.25) is 0 Å². The fourth-order valence-electron chi connectivity index (χ4n) is 2.58. The molecule has 0 bridgehead atoms. The molecule has 0 aliphatic carbocycles. The monoisotopic (exact) mass is 399 g/mol. The minimum absolute atomic E-state index is 0.244. The Bertz CT molecular complexity index is 844. The van der Waals surface area contributed by atoms with Crippen LogP contribution in [0.2, 0.25) is 4.34 Å². The van der Waals surface area contributed by atoms with E-state index in [4.69, 9.17) is 11.6 Å². The van der Waals surface area contributed by atoms with Crippen molar-refractivity contribution in [2.24, 2.45) is 0 Å². The second-order valence-electron chi connectivity index (χ2n) is 5.65. The number of amides is 2. The molecular formula is C16H18ClN3O3S2. The van der Waals surface area contributed by atoms with Crippen LogP contribution in [0.15, 0.2) is 41.3 Å². The van der Waals surface area contributed by atoms with Crippen LogP contribution in [0, 0.1) is 0 Å². The van der Waals surface area contributed by atoms with Gasteiger partial charge in [0.2, 0.25) is 10.0 Å². The van der Waals surface area contributed by atoms with E-state index < -0.39 is 10.0 Å². The van der Waals surface area contributed by atoms with Crippen LogP contribution >= 0.6 is 22.9 Å². The van der Waals surface area contributed by atoms with Crippen LogP contribution in [0.3, 0.4) is 0 Å². The number of nitrogens with one attached hydrogen (secondary N) is 2. The Morgan fingerprint density at radius 3 is 2.40 bits per heavy atom. The van der Waals surface area contributed by atoms with E-state index in [1.807, 2.05) is 6.07 Å². The van der Waals surface area contributed by atoms with Crippen LogP contribution in [-0.4, -0.2) is 31.8 Å². The molecule has 0 atom stereocenters. The summed E-state index contributed by atoms with van der Waals surface area (Å²) in [5.41, 5.74) is 0.530. The lowest BCUT2D eigenvalue weighted by Crippen LogP contribution is -2.28. The zero-order valence-electron chi connectivity index (χ0n) is 13.4. The summed E-state index contributed by atoms with van der Waals surface area (Å²) in [6.07, 6.45) is 1.79. The number of carbonyl (C=O) groups excluding carboxylic acids is 1. The third kappa shape index (κ3) is 4.52. The number of halogens is 1. The molecule has 1 aromatic carbocycles. The third-order valence-electron chi connectivity index (χ3n) is 3.87. The molecule has 2 N–H and O–H groups in total. The van der Waals surface area contributed by atoms with Gasteiger partial charge in [-0.25, -0.2) is 13.2 Å². The third-order valence-corrected chi connectivity index (χ3v) is 7.01. The first-order valence-electron chi connectivity index (χ1n) is 7.84. The predicted molar refractivity (Wildman–Crippen MR) is 99.6 cm³/mol. The zero-order valence-corrected chi connectivity index (χ0v) is 15.8. The number of thiophene rings is 1. The summed E-state index contributed by atoms with van der Waals surface area (Å²) < 4.78 is 27.1. The van der Waals surface area contributed by atoms with Crippen LogP contribution in [0.4, 0.5) is 10.5 Å². The maximum Gasteiger partial charge on any atom is 0.319 e. The highest BCUT2D eigenvalue weighted by Crippen LogP contribution is 2.23. The Balaban J connectivity index is 1.57. The summed E-state index contributed by atoms with van der Waals surface area (Å²) in [5, 5.41) is 5.41. The van der Waals surface area contributed by atoms with Crippen molar-refractivity contribution in [3.63, 3.8) is 0 Å². The van der Waals surface area contributed by atoms with Crippen LogP contribution < -0.4 is 10.6 Å². The fraction of sp³-hybridized carbons (Fsp3) is 0.312. The molecule has 9 heteroatoms. The summed E-state index contributed by atoms with van der Waals surface area (Å²) in [6, 6.07) is 9.48. The van der Waals surface area contributed by atoms with Crippen LogP contribution in [0.1, 0.15) is 17.7 Å². The topological polar surface area (TPSA) is 78.5 Å². The number of hydrogen-bond donors (Lipinski definition) is 2. The van der Waals surface area contributed by atoms with Crippen molar-refractivity contribution in [3.05, 3.63) is 45.6 Å². The number of nitrogens with zero attached hydrogens (tertiary/aromatic N) is 1. The number of anilines is 1. The summed E-state index contributed by atoms with van der Waals surface area (Å²) in [7, 11) is -3.43. The molecule has 6 nitrogen and oxygen atoms in total. The maximum atomic E-state index is 12.4. The van der Waals surface area contributed by atoms with Crippen molar-refractivity contribution in [2.45, 2.75) is 24.3 Å². The van der Waals surface area contributed by atoms with Gasteiger partial charge in [-0.05, 0) is 49.2 Å². The maximum absolute atomic E-state index is 12.4. The van der Waals surface area contributed by atoms with Crippen LogP contribution in [0.25, 0.3) is 0 Å². The van der Waals surface area contributed by atoms with Gasteiger partial charge >= 0.3 is 6.03 Å². The fourth-order valence-corrected chi connectivity index (χ4v) is 5.12. The van der Waals surface area contributed by atoms with Crippen molar-refractivity contribution >= 4 is 44.7 Å². The number of sulfonamides is 1. The van der Waals surface area contributed by atoms with E-state index in [1.165, 1.54) is 27.8 Å². The van der Waals surface area contributed by atoms with Crippen LogP contribution in [-0.2, 0) is 16.6 Å². The molecule has 3 rings (SSSR count). The van der Waals surface area contributed by atoms with Gasteiger partial charge in [-0.2, -0.15) is 4.31 Å². The second-order valence-corrected chi connectivity index (χ2v) is 9.39. The first kappa shape index (κ1) is 18.2. The van der Waals surface area contributed by atoms with Crippen molar-refractivity contribution in [2.75, 3.05) is 18.4 Å². The smallest absolute Gasteiger partial charge is 0.319 e. The van der Waals surface area contributed by atoms with Gasteiger partial charge in [0.15, 0.2) is 0 Å². The number of hydrogen-bond acceptors (Lipinski definition) is 4. The lowest BCUT2D eigenvalue weighted by atomic mass is 10.3. The largest absolute Gasteiger partial charge is 0.333 e. The summed E-state index contributed by atoms with van der Waals surface area (Å²) in [4.78, 5) is 13.1. The van der Waals surface area contributed by atoms with E-state index in [0.29, 0.717) is 29.7 Å². The molecule has 2 heterocycles. The first-order valence-corrected chi connectivity index (χ1v) is 10.5. The lowest BCUT2D eigenvalue weighted by Gasteiger charge is -2.15. The number of benzene rings is 1. The molecule has 1 fully saturated rings. The van der Waals surface area contributed by atoms with E-state index in [0.717, 1.165) is 17.7 Å². The van der Waals surface area contributed by atoms with Gasteiger partial charge in [0, 0.05) is 23.7 Å². The van der Waals surface area contributed by atoms with E-state index in [1.54, 1.807) is 18.2 Å². The standard InChI is InChI=1S/C16H18ClN3O3S2/c17-15-8-5-13(24-15)11-18-16(21)19-12-3-6-14(7-4-12)25(22,23)20-9-1-2-10-20/h3-8H,1-2,9-11H2,(H2,18,19,21). The lowest BCUT2D eigenvalue weighted by molar-refractivity contribution is 0.252. The highest BCUT2D eigenvalue weighted by molar-refractivity contribution is 7.89. The normalized spacial score (nSPS) is 15.2. The Morgan fingerprint density at radius 1 is 1.12 bits per heavy atom. The van der Waals surface area contributed by atoms with Crippen molar-refractivity contribution in [1.29, 1.82) is 0 Å². The first-order chi connectivity index (χ1) is 11.9. The summed E-state index contributed by atoms with van der Waals surface area (Å²) in [6.45, 7) is 1.51. The average Bonchev–Trinajstić information content (AvgIpc) is 3.25. The quantitative estimate of drug-likeness (QED) is 0.807. The van der Waals surface area contributed by atoms with E-state index in [2.05, 4.69) is 10.6 Å². The van der Waals surface area contributed by atoms with Crippen molar-refractivity contribution in [3.8, 4) is 0 Å². The van der Waals surface area contributed by atoms with E-state index >= 15 is 0 Å². The summed E-state index contributed by atoms with van der Waals surface area (Å²) in [5.74, 6) is 0. The minimum Gasteiger partial charge on any atom is -0.333 e. The Kier molecular flexibility index (Phi) is 5.63. The second kappa shape index (κ2) is 7.74. The van der Waals surface area contributed by atoms with Gasteiger partial charge in [-0.15, -0.1) is 11.3 Å².